The van der Waals surface area contributed by atoms with Crippen LogP contribution in [0.3, 0.4) is 0 Å². The molecule has 2 bridgehead atoms. The smallest absolute Gasteiger partial charge is 0.410 e. The van der Waals surface area contributed by atoms with Crippen LogP contribution in [0.15, 0.2) is 0 Å². The number of fused-ring (bicyclic) bond motifs is 5. The summed E-state index contributed by atoms with van der Waals surface area (Å²) < 4.78 is 33.5. The highest BCUT2D eigenvalue weighted by atomic mass is 35.5. The lowest BCUT2D eigenvalue weighted by atomic mass is 10.0. The van der Waals surface area contributed by atoms with Crippen molar-refractivity contribution in [2.75, 3.05) is 44.4 Å². The molecule has 2 aromatic rings. The largest absolute Gasteiger partial charge is 0.475 e. The molecule has 234 valence electrons. The predicted octanol–water partition coefficient (Wildman–Crippen LogP) is 4.17. The Morgan fingerprint density at radius 3 is 2.74 bits per heavy atom. The molecule has 0 aromatic carbocycles. The summed E-state index contributed by atoms with van der Waals surface area (Å²) >= 11 is 6.20. The number of carbonyl (C=O) groups excluding carboxylic acids is 1. The normalized spacial score (nSPS) is 27.6. The van der Waals surface area contributed by atoms with Gasteiger partial charge in [0.2, 0.25) is 5.88 Å². The summed E-state index contributed by atoms with van der Waals surface area (Å²) in [5, 5.41) is 9.78. The molecule has 6 heterocycles. The number of anilines is 1. The molecule has 4 aliphatic heterocycles. The van der Waals surface area contributed by atoms with Gasteiger partial charge in [0.1, 0.15) is 28.9 Å². The van der Waals surface area contributed by atoms with E-state index in [1.165, 1.54) is 0 Å². The van der Waals surface area contributed by atoms with Crippen LogP contribution in [-0.4, -0.2) is 105 Å². The zero-order chi connectivity index (χ0) is 30.1. The van der Waals surface area contributed by atoms with Crippen LogP contribution in [0.4, 0.5) is 15.0 Å². The van der Waals surface area contributed by atoms with E-state index in [-0.39, 0.29) is 71.4 Å². The summed E-state index contributed by atoms with van der Waals surface area (Å²) in [7, 11) is 0. The van der Waals surface area contributed by atoms with E-state index in [0.29, 0.717) is 24.4 Å². The van der Waals surface area contributed by atoms with Gasteiger partial charge in [-0.3, -0.25) is 9.80 Å². The number of piperazine rings is 1. The van der Waals surface area contributed by atoms with Gasteiger partial charge < -0.3 is 24.2 Å². The summed E-state index contributed by atoms with van der Waals surface area (Å²) in [4.78, 5) is 33.1. The summed E-state index contributed by atoms with van der Waals surface area (Å²) in [5.74, 6) is -0.0719. The van der Waals surface area contributed by atoms with Crippen LogP contribution in [0.2, 0.25) is 5.15 Å². The molecule has 0 unspecified atom stereocenters. The number of hydrogen-bond acceptors (Lipinski definition) is 10. The van der Waals surface area contributed by atoms with Crippen molar-refractivity contribution >= 4 is 34.4 Å². The Labute approximate surface area is 255 Å². The van der Waals surface area contributed by atoms with Gasteiger partial charge in [-0.25, -0.2) is 9.18 Å². The zero-order valence-corrected chi connectivity index (χ0v) is 25.8. The third-order valence-corrected chi connectivity index (χ3v) is 10.1. The van der Waals surface area contributed by atoms with E-state index < -0.39 is 11.4 Å². The fourth-order valence-electron chi connectivity index (χ4n) is 7.46. The Bertz CT molecular complexity index is 1420. The summed E-state index contributed by atoms with van der Waals surface area (Å²) in [6.45, 7) is 8.87. The van der Waals surface area contributed by atoms with Crippen molar-refractivity contribution in [3.05, 3.63) is 11.0 Å². The summed E-state index contributed by atoms with van der Waals surface area (Å²) in [5.41, 5.74) is -0.426. The number of aromatic nitrogens is 3. The number of aliphatic hydroxyl groups excluding tert-OH is 1. The molecule has 5 aliphatic rings. The second kappa shape index (κ2) is 10.7. The number of amides is 1. The van der Waals surface area contributed by atoms with Gasteiger partial charge in [-0.15, -0.1) is 0 Å². The molecule has 0 spiro atoms. The molecule has 1 saturated carbocycles. The number of aliphatic hydroxyl groups is 1. The van der Waals surface area contributed by atoms with E-state index in [2.05, 4.69) is 19.8 Å². The number of halogens is 2. The van der Waals surface area contributed by atoms with Crippen LogP contribution in [0.5, 0.6) is 11.9 Å². The molecule has 13 heteroatoms. The quantitative estimate of drug-likeness (QED) is 0.454. The third-order valence-electron chi connectivity index (χ3n) is 9.81. The van der Waals surface area contributed by atoms with Crippen LogP contribution >= 0.6 is 11.6 Å². The highest BCUT2D eigenvalue weighted by molar-refractivity contribution is 6.30. The topological polar surface area (TPSA) is 113 Å². The predicted molar refractivity (Wildman–Crippen MR) is 157 cm³/mol. The maximum Gasteiger partial charge on any atom is 0.410 e. The average molecular weight is 619 g/mol. The monoisotopic (exact) mass is 618 g/mol. The number of carbonyl (C=O) groups is 1. The van der Waals surface area contributed by atoms with Gasteiger partial charge in [0.05, 0.1) is 31.3 Å². The van der Waals surface area contributed by atoms with Crippen molar-refractivity contribution in [2.45, 2.75) is 95.5 Å². The van der Waals surface area contributed by atoms with E-state index >= 15 is 4.39 Å². The SMILES string of the molecule is CC(C)(C)OC(=O)N1[C@@H]2CC[C@H]1[C@H]1COc3nc(Cl)c(F)c4nc(OCCC5(CN6CCC[C@@H]6CO)CC5)nc(c34)N1C2. The van der Waals surface area contributed by atoms with Gasteiger partial charge in [-0.1, -0.05) is 11.6 Å². The molecular weight excluding hydrogens is 579 g/mol. The van der Waals surface area contributed by atoms with Gasteiger partial charge >= 0.3 is 12.1 Å². The van der Waals surface area contributed by atoms with E-state index in [1.807, 2.05) is 25.7 Å². The zero-order valence-electron chi connectivity index (χ0n) is 25.0. The van der Waals surface area contributed by atoms with Crippen LogP contribution in [0.1, 0.15) is 65.7 Å². The van der Waals surface area contributed by atoms with E-state index in [9.17, 15) is 9.90 Å². The minimum atomic E-state index is -0.742. The van der Waals surface area contributed by atoms with Crippen molar-refractivity contribution in [2.24, 2.45) is 5.41 Å². The maximum atomic E-state index is 15.5. The van der Waals surface area contributed by atoms with E-state index in [1.54, 1.807) is 0 Å². The average Bonchev–Trinajstić information content (AvgIpc) is 3.47. The van der Waals surface area contributed by atoms with Crippen LogP contribution in [-0.2, 0) is 4.74 Å². The molecule has 2 aromatic heterocycles. The first-order valence-electron chi connectivity index (χ1n) is 15.5. The first-order valence-corrected chi connectivity index (χ1v) is 15.9. The van der Waals surface area contributed by atoms with Gasteiger partial charge in [0, 0.05) is 19.1 Å². The summed E-state index contributed by atoms with van der Waals surface area (Å²) in [6.07, 6.45) is 6.52. The number of rotatable bonds is 7. The third kappa shape index (κ3) is 5.33. The maximum absolute atomic E-state index is 15.5. The lowest BCUT2D eigenvalue weighted by Crippen LogP contribution is -2.63. The van der Waals surface area contributed by atoms with Gasteiger partial charge in [0.15, 0.2) is 11.0 Å². The van der Waals surface area contributed by atoms with Crippen LogP contribution in [0.25, 0.3) is 10.9 Å². The number of hydrogen-bond donors (Lipinski definition) is 1. The number of likely N-dealkylation sites (tertiary alicyclic amines) is 1. The van der Waals surface area contributed by atoms with Crippen molar-refractivity contribution < 1.29 is 28.5 Å². The van der Waals surface area contributed by atoms with Gasteiger partial charge in [-0.2, -0.15) is 15.0 Å². The lowest BCUT2D eigenvalue weighted by Gasteiger charge is -2.46. The second-order valence-corrected chi connectivity index (χ2v) is 14.2. The Morgan fingerprint density at radius 2 is 2.00 bits per heavy atom. The molecule has 43 heavy (non-hydrogen) atoms. The minimum absolute atomic E-state index is 0.0153. The van der Waals surface area contributed by atoms with Crippen molar-refractivity contribution in [3.63, 3.8) is 0 Å². The first-order chi connectivity index (χ1) is 20.6. The van der Waals surface area contributed by atoms with E-state index in [4.69, 9.17) is 30.8 Å². The fourth-order valence-corrected chi connectivity index (χ4v) is 7.63. The molecular formula is C30H40ClFN6O5. The highest BCUT2D eigenvalue weighted by Gasteiger charge is 2.52. The fraction of sp³-hybridized carbons (Fsp3) is 0.733. The minimum Gasteiger partial charge on any atom is -0.475 e. The Balaban J connectivity index is 1.15. The molecule has 11 nitrogen and oxygen atoms in total. The molecule has 4 fully saturated rings. The van der Waals surface area contributed by atoms with E-state index in [0.717, 1.165) is 58.0 Å². The molecule has 1 N–H and O–H groups in total. The van der Waals surface area contributed by atoms with Gasteiger partial charge in [0.25, 0.3) is 0 Å². The molecule has 4 atom stereocenters. The molecule has 0 radical (unpaired) electrons. The van der Waals surface area contributed by atoms with Crippen LogP contribution in [0, 0.1) is 11.2 Å². The molecule has 1 aliphatic carbocycles. The molecule has 1 amide bonds. The van der Waals surface area contributed by atoms with Crippen molar-refractivity contribution in [1.82, 2.24) is 24.8 Å². The first kappa shape index (κ1) is 29.0. The molecule has 3 saturated heterocycles. The number of nitrogens with zero attached hydrogens (tertiary/aromatic N) is 6. The number of pyridine rings is 1. The summed E-state index contributed by atoms with van der Waals surface area (Å²) in [6, 6.07) is -0.165. The second-order valence-electron chi connectivity index (χ2n) is 13.8. The molecule has 7 rings (SSSR count). The van der Waals surface area contributed by atoms with Crippen LogP contribution < -0.4 is 14.4 Å². The van der Waals surface area contributed by atoms with Crippen molar-refractivity contribution in [3.8, 4) is 11.9 Å². The standard InChI is InChI=1S/C30H40ClFN6O5/c1-29(2,3)43-28(40)38-17-6-7-19(38)20-15-42-26-21-23(22(32)24(31)34-26)33-27(35-25(21)37(20)13-17)41-12-10-30(8-9-30)16-36-11-4-5-18(36)14-39/h17-20,39H,4-16H2,1-3H3/t17-,18-,19+,20-/m1/s1. The van der Waals surface area contributed by atoms with Crippen molar-refractivity contribution in [1.29, 1.82) is 0 Å². The lowest BCUT2D eigenvalue weighted by molar-refractivity contribution is 0.00538. The highest BCUT2D eigenvalue weighted by Crippen LogP contribution is 2.50. The Kier molecular flexibility index (Phi) is 7.25. The number of ether oxygens (including phenoxy) is 3. The van der Waals surface area contributed by atoms with Gasteiger partial charge in [-0.05, 0) is 77.7 Å². The Morgan fingerprint density at radius 1 is 1.19 bits per heavy atom. The Hall–Kier alpha value is -2.70.